The maximum Gasteiger partial charge on any atom is 0.416 e. The quantitative estimate of drug-likeness (QED) is 0.787. The van der Waals surface area contributed by atoms with E-state index in [9.17, 15) is 18.0 Å². The molecule has 130 valence electrons. The number of aryl methyl sites for hydroxylation is 1. The number of benzene rings is 1. The molecule has 25 heavy (non-hydrogen) atoms. The minimum absolute atomic E-state index is 0.265. The topological polar surface area (TPSA) is 63.6 Å². The van der Waals surface area contributed by atoms with Gasteiger partial charge in [-0.25, -0.2) is 4.98 Å². The number of halogens is 3. The van der Waals surface area contributed by atoms with Crippen molar-refractivity contribution in [2.24, 2.45) is 0 Å². The Morgan fingerprint density at radius 2 is 1.80 bits per heavy atom. The van der Waals surface area contributed by atoms with Crippen LogP contribution in [0.1, 0.15) is 29.9 Å². The standard InChI is InChI=1S/C17H15F3N4O/c1-10(12-3-5-13(6-4-12)17(18,19)20)24-8-7-14(23-24)15-9-16(25)22-11(2)21-15/h3-10H,1-2H3,(H,21,22,25)/t10-/m1/s1. The van der Waals surface area contributed by atoms with Crippen LogP contribution in [-0.2, 0) is 6.18 Å². The lowest BCUT2D eigenvalue weighted by molar-refractivity contribution is -0.137. The molecule has 1 atom stereocenters. The minimum Gasteiger partial charge on any atom is -0.311 e. The molecule has 0 saturated heterocycles. The maximum absolute atomic E-state index is 12.6. The van der Waals surface area contributed by atoms with E-state index in [2.05, 4.69) is 15.1 Å². The van der Waals surface area contributed by atoms with E-state index in [1.807, 2.05) is 6.92 Å². The zero-order valence-electron chi connectivity index (χ0n) is 13.5. The van der Waals surface area contributed by atoms with Crippen molar-refractivity contribution in [2.45, 2.75) is 26.1 Å². The first-order valence-corrected chi connectivity index (χ1v) is 7.55. The molecule has 3 rings (SSSR count). The van der Waals surface area contributed by atoms with Gasteiger partial charge in [0.25, 0.3) is 5.56 Å². The summed E-state index contributed by atoms with van der Waals surface area (Å²) in [6.07, 6.45) is -2.65. The van der Waals surface area contributed by atoms with E-state index in [-0.39, 0.29) is 11.6 Å². The van der Waals surface area contributed by atoms with Gasteiger partial charge in [0.15, 0.2) is 0 Å². The molecule has 1 N–H and O–H groups in total. The van der Waals surface area contributed by atoms with Crippen molar-refractivity contribution in [3.8, 4) is 11.4 Å². The summed E-state index contributed by atoms with van der Waals surface area (Å²) in [5.74, 6) is 0.479. The van der Waals surface area contributed by atoms with Crippen molar-refractivity contribution in [3.05, 3.63) is 69.9 Å². The molecule has 5 nitrogen and oxygen atoms in total. The Balaban J connectivity index is 1.87. The Hall–Kier alpha value is -2.90. The van der Waals surface area contributed by atoms with Crippen LogP contribution in [0.25, 0.3) is 11.4 Å². The molecule has 1 aromatic carbocycles. The van der Waals surface area contributed by atoms with Gasteiger partial charge in [0.2, 0.25) is 0 Å². The van der Waals surface area contributed by atoms with Crippen LogP contribution in [0.3, 0.4) is 0 Å². The molecule has 0 saturated carbocycles. The average Bonchev–Trinajstić information content (AvgIpc) is 3.02. The first-order chi connectivity index (χ1) is 11.7. The van der Waals surface area contributed by atoms with Crippen LogP contribution in [0, 0.1) is 6.92 Å². The molecule has 0 fully saturated rings. The summed E-state index contributed by atoms with van der Waals surface area (Å²) in [6, 6.07) is 7.77. The summed E-state index contributed by atoms with van der Waals surface area (Å²) < 4.78 is 39.6. The second-order valence-electron chi connectivity index (χ2n) is 5.69. The molecule has 0 unspecified atom stereocenters. The molecular formula is C17H15F3N4O. The number of nitrogens with one attached hydrogen (secondary N) is 1. The molecule has 0 bridgehead atoms. The van der Waals surface area contributed by atoms with Crippen LogP contribution in [0.2, 0.25) is 0 Å². The number of hydrogen-bond acceptors (Lipinski definition) is 3. The summed E-state index contributed by atoms with van der Waals surface area (Å²) in [6.45, 7) is 3.50. The lowest BCUT2D eigenvalue weighted by Gasteiger charge is -2.14. The van der Waals surface area contributed by atoms with Crippen molar-refractivity contribution < 1.29 is 13.2 Å². The van der Waals surface area contributed by atoms with Crippen molar-refractivity contribution in [1.29, 1.82) is 0 Å². The highest BCUT2D eigenvalue weighted by Crippen LogP contribution is 2.30. The Bertz CT molecular complexity index is 942. The van der Waals surface area contributed by atoms with E-state index in [1.54, 1.807) is 23.9 Å². The fraction of sp³-hybridized carbons (Fsp3) is 0.235. The van der Waals surface area contributed by atoms with E-state index >= 15 is 0 Å². The monoisotopic (exact) mass is 348 g/mol. The van der Waals surface area contributed by atoms with E-state index in [1.165, 1.54) is 18.2 Å². The van der Waals surface area contributed by atoms with Gasteiger partial charge in [-0.3, -0.25) is 9.48 Å². The Kier molecular flexibility index (Phi) is 4.20. The maximum atomic E-state index is 12.6. The van der Waals surface area contributed by atoms with Crippen LogP contribution in [0.4, 0.5) is 13.2 Å². The summed E-state index contributed by atoms with van der Waals surface area (Å²) in [7, 11) is 0. The van der Waals surface area contributed by atoms with Crippen molar-refractivity contribution >= 4 is 0 Å². The third-order valence-corrected chi connectivity index (χ3v) is 3.85. The molecule has 0 radical (unpaired) electrons. The Morgan fingerprint density at radius 1 is 1.12 bits per heavy atom. The number of alkyl halides is 3. The normalized spacial score (nSPS) is 13.0. The van der Waals surface area contributed by atoms with Gasteiger partial charge >= 0.3 is 6.18 Å². The number of rotatable bonds is 3. The van der Waals surface area contributed by atoms with Crippen LogP contribution < -0.4 is 5.56 Å². The third kappa shape index (κ3) is 3.62. The fourth-order valence-corrected chi connectivity index (χ4v) is 2.50. The second-order valence-corrected chi connectivity index (χ2v) is 5.69. The van der Waals surface area contributed by atoms with Gasteiger partial charge in [0, 0.05) is 12.3 Å². The van der Waals surface area contributed by atoms with Gasteiger partial charge < -0.3 is 4.98 Å². The van der Waals surface area contributed by atoms with Gasteiger partial charge in [0.1, 0.15) is 11.5 Å². The van der Waals surface area contributed by atoms with Gasteiger partial charge in [0.05, 0.1) is 17.3 Å². The predicted molar refractivity (Wildman–Crippen MR) is 86.1 cm³/mol. The van der Waals surface area contributed by atoms with Crippen LogP contribution in [0.5, 0.6) is 0 Å². The summed E-state index contributed by atoms with van der Waals surface area (Å²) >= 11 is 0. The molecule has 0 amide bonds. The zero-order chi connectivity index (χ0) is 18.2. The summed E-state index contributed by atoms with van der Waals surface area (Å²) in [5, 5.41) is 4.39. The fourth-order valence-electron chi connectivity index (χ4n) is 2.50. The van der Waals surface area contributed by atoms with Crippen molar-refractivity contribution in [3.63, 3.8) is 0 Å². The molecule has 0 aliphatic carbocycles. The molecule has 0 aliphatic rings. The molecule has 3 aromatic rings. The van der Waals surface area contributed by atoms with E-state index < -0.39 is 11.7 Å². The molecule has 2 aromatic heterocycles. The van der Waals surface area contributed by atoms with E-state index in [0.717, 1.165) is 12.1 Å². The first-order valence-electron chi connectivity index (χ1n) is 7.55. The molecule has 8 heteroatoms. The van der Waals surface area contributed by atoms with Crippen LogP contribution in [-0.4, -0.2) is 19.7 Å². The highest BCUT2D eigenvalue weighted by Gasteiger charge is 2.30. The number of nitrogens with zero attached hydrogens (tertiary/aromatic N) is 3. The van der Waals surface area contributed by atoms with Crippen molar-refractivity contribution in [2.75, 3.05) is 0 Å². The molecule has 2 heterocycles. The van der Waals surface area contributed by atoms with Crippen molar-refractivity contribution in [1.82, 2.24) is 19.7 Å². The van der Waals surface area contributed by atoms with E-state index in [4.69, 9.17) is 0 Å². The minimum atomic E-state index is -4.36. The summed E-state index contributed by atoms with van der Waals surface area (Å²) in [5.41, 5.74) is 0.700. The lowest BCUT2D eigenvalue weighted by Crippen LogP contribution is -2.10. The SMILES string of the molecule is Cc1nc(-c2ccn([C@H](C)c3ccc(C(F)(F)F)cc3)n2)cc(=O)[nH]1. The van der Waals surface area contributed by atoms with Crippen LogP contribution >= 0.6 is 0 Å². The van der Waals surface area contributed by atoms with Crippen LogP contribution in [0.15, 0.2) is 47.4 Å². The van der Waals surface area contributed by atoms with Gasteiger partial charge in [-0.2, -0.15) is 18.3 Å². The molecular weight excluding hydrogens is 333 g/mol. The highest BCUT2D eigenvalue weighted by molar-refractivity contribution is 5.52. The zero-order valence-corrected chi connectivity index (χ0v) is 13.5. The van der Waals surface area contributed by atoms with E-state index in [0.29, 0.717) is 22.8 Å². The van der Waals surface area contributed by atoms with Gasteiger partial charge in [-0.1, -0.05) is 12.1 Å². The van der Waals surface area contributed by atoms with Gasteiger partial charge in [-0.15, -0.1) is 0 Å². The number of hydrogen-bond donors (Lipinski definition) is 1. The number of aromatic nitrogens is 4. The number of H-pyrrole nitrogens is 1. The van der Waals surface area contributed by atoms with Gasteiger partial charge in [-0.05, 0) is 37.6 Å². The second kappa shape index (κ2) is 6.19. The molecule has 0 spiro atoms. The first kappa shape index (κ1) is 16.9. The third-order valence-electron chi connectivity index (χ3n) is 3.85. The number of aromatic amines is 1. The largest absolute Gasteiger partial charge is 0.416 e. The smallest absolute Gasteiger partial charge is 0.311 e. The highest BCUT2D eigenvalue weighted by atomic mass is 19.4. The Morgan fingerprint density at radius 3 is 2.40 bits per heavy atom. The average molecular weight is 348 g/mol. The predicted octanol–water partition coefficient (Wildman–Crippen LogP) is 3.57. The lowest BCUT2D eigenvalue weighted by atomic mass is 10.1. The summed E-state index contributed by atoms with van der Waals surface area (Å²) in [4.78, 5) is 18.3. The Labute approximate surface area is 141 Å². The molecule has 0 aliphatic heterocycles.